The van der Waals surface area contributed by atoms with Crippen molar-refractivity contribution in [1.29, 1.82) is 0 Å². The van der Waals surface area contributed by atoms with Gasteiger partial charge in [0.15, 0.2) is 0 Å². The van der Waals surface area contributed by atoms with Crippen molar-refractivity contribution in [3.8, 4) is 0 Å². The fourth-order valence-corrected chi connectivity index (χ4v) is 4.54. The standard InChI is InChI=1S/C31H29N3O/c35-31(28-12-5-2-6-13-28)29-20-16-25(17-21-29)9-7-8-24-14-18-27(19-15-24)30(34-23-32-22-33-34)26-10-3-1-4-11-26/h1-6,10-23,30-31,35H,7-9H2. The predicted molar refractivity (Wildman–Crippen MR) is 139 cm³/mol. The summed E-state index contributed by atoms with van der Waals surface area (Å²) in [7, 11) is 0. The number of aliphatic hydroxyl groups excluding tert-OH is 1. The lowest BCUT2D eigenvalue weighted by Gasteiger charge is -2.18. The van der Waals surface area contributed by atoms with Gasteiger partial charge in [-0.25, -0.2) is 9.67 Å². The first-order valence-corrected chi connectivity index (χ1v) is 12.1. The van der Waals surface area contributed by atoms with Crippen LogP contribution in [0.5, 0.6) is 0 Å². The van der Waals surface area contributed by atoms with Crippen LogP contribution in [-0.2, 0) is 12.8 Å². The van der Waals surface area contributed by atoms with Gasteiger partial charge >= 0.3 is 0 Å². The van der Waals surface area contributed by atoms with Crippen LogP contribution >= 0.6 is 0 Å². The van der Waals surface area contributed by atoms with E-state index in [1.165, 1.54) is 22.3 Å². The maximum Gasteiger partial charge on any atom is 0.137 e. The van der Waals surface area contributed by atoms with E-state index in [4.69, 9.17) is 0 Å². The maximum absolute atomic E-state index is 10.6. The minimum absolute atomic E-state index is 0.0116. The Morgan fingerprint density at radius 3 is 1.63 bits per heavy atom. The minimum atomic E-state index is -0.582. The Morgan fingerprint density at radius 1 is 0.600 bits per heavy atom. The van der Waals surface area contributed by atoms with E-state index in [0.717, 1.165) is 30.4 Å². The molecule has 2 unspecified atom stereocenters. The van der Waals surface area contributed by atoms with Crippen LogP contribution in [0.1, 0.15) is 51.9 Å². The van der Waals surface area contributed by atoms with Gasteiger partial charge in [0, 0.05) is 0 Å². The molecular weight excluding hydrogens is 430 g/mol. The molecule has 0 fully saturated rings. The van der Waals surface area contributed by atoms with Crippen LogP contribution in [0, 0.1) is 0 Å². The third-order valence-corrected chi connectivity index (χ3v) is 6.45. The molecule has 0 spiro atoms. The summed E-state index contributed by atoms with van der Waals surface area (Å²) >= 11 is 0. The van der Waals surface area contributed by atoms with Crippen molar-refractivity contribution in [2.45, 2.75) is 31.4 Å². The summed E-state index contributed by atoms with van der Waals surface area (Å²) in [6.07, 6.45) is 5.88. The van der Waals surface area contributed by atoms with Crippen molar-refractivity contribution in [3.63, 3.8) is 0 Å². The summed E-state index contributed by atoms with van der Waals surface area (Å²) in [4.78, 5) is 4.15. The lowest BCUT2D eigenvalue weighted by atomic mass is 9.96. The van der Waals surface area contributed by atoms with E-state index in [0.29, 0.717) is 0 Å². The molecule has 1 N–H and O–H groups in total. The molecular formula is C31H29N3O. The summed E-state index contributed by atoms with van der Waals surface area (Å²) in [5.41, 5.74) is 6.85. The topological polar surface area (TPSA) is 50.9 Å². The van der Waals surface area contributed by atoms with Gasteiger partial charge in [0.2, 0.25) is 0 Å². The van der Waals surface area contributed by atoms with Gasteiger partial charge in [0.1, 0.15) is 24.8 Å². The van der Waals surface area contributed by atoms with E-state index in [2.05, 4.69) is 70.7 Å². The number of hydrogen-bond acceptors (Lipinski definition) is 3. The van der Waals surface area contributed by atoms with E-state index < -0.39 is 6.10 Å². The molecule has 5 rings (SSSR count). The average Bonchev–Trinajstić information content (AvgIpc) is 3.45. The van der Waals surface area contributed by atoms with Gasteiger partial charge in [-0.15, -0.1) is 0 Å². The highest BCUT2D eigenvalue weighted by Gasteiger charge is 2.16. The first-order valence-electron chi connectivity index (χ1n) is 12.1. The second-order valence-electron chi connectivity index (χ2n) is 8.84. The zero-order chi connectivity index (χ0) is 23.9. The first-order chi connectivity index (χ1) is 17.3. The van der Waals surface area contributed by atoms with Gasteiger partial charge in [-0.05, 0) is 52.6 Å². The average molecular weight is 460 g/mol. The second kappa shape index (κ2) is 10.9. The molecule has 1 aromatic heterocycles. The molecule has 174 valence electrons. The molecule has 0 aliphatic carbocycles. The highest BCUT2D eigenvalue weighted by molar-refractivity contribution is 5.35. The minimum Gasteiger partial charge on any atom is -0.384 e. The van der Waals surface area contributed by atoms with Crippen molar-refractivity contribution >= 4 is 0 Å². The Morgan fingerprint density at radius 2 is 1.09 bits per heavy atom. The fourth-order valence-electron chi connectivity index (χ4n) is 4.54. The van der Waals surface area contributed by atoms with Crippen LogP contribution in [0.15, 0.2) is 122 Å². The van der Waals surface area contributed by atoms with Crippen molar-refractivity contribution in [3.05, 3.63) is 155 Å². The quantitative estimate of drug-likeness (QED) is 0.287. The molecule has 0 aliphatic rings. The van der Waals surface area contributed by atoms with E-state index in [9.17, 15) is 5.11 Å². The zero-order valence-corrected chi connectivity index (χ0v) is 19.6. The monoisotopic (exact) mass is 459 g/mol. The fraction of sp³-hybridized carbons (Fsp3) is 0.161. The Balaban J connectivity index is 1.20. The molecule has 2 atom stereocenters. The Hall–Kier alpha value is -4.02. The van der Waals surface area contributed by atoms with Gasteiger partial charge in [-0.2, -0.15) is 5.10 Å². The number of hydrogen-bond donors (Lipinski definition) is 1. The Bertz CT molecular complexity index is 1300. The molecule has 4 heteroatoms. The van der Waals surface area contributed by atoms with Gasteiger partial charge < -0.3 is 5.11 Å². The lowest BCUT2D eigenvalue weighted by molar-refractivity contribution is 0.220. The van der Waals surface area contributed by atoms with Crippen molar-refractivity contribution < 1.29 is 5.11 Å². The van der Waals surface area contributed by atoms with E-state index in [1.807, 2.05) is 53.2 Å². The number of aliphatic hydroxyl groups is 1. The summed E-state index contributed by atoms with van der Waals surface area (Å²) in [5, 5.41) is 15.0. The smallest absolute Gasteiger partial charge is 0.137 e. The van der Waals surface area contributed by atoms with Crippen LogP contribution in [0.2, 0.25) is 0 Å². The summed E-state index contributed by atoms with van der Waals surface area (Å²) in [5.74, 6) is 0. The van der Waals surface area contributed by atoms with Crippen LogP contribution in [0.4, 0.5) is 0 Å². The highest BCUT2D eigenvalue weighted by atomic mass is 16.3. The normalized spacial score (nSPS) is 12.8. The highest BCUT2D eigenvalue weighted by Crippen LogP contribution is 2.26. The van der Waals surface area contributed by atoms with Crippen LogP contribution in [0.3, 0.4) is 0 Å². The molecule has 0 amide bonds. The maximum atomic E-state index is 10.6. The van der Waals surface area contributed by atoms with Gasteiger partial charge in [-0.3, -0.25) is 0 Å². The summed E-state index contributed by atoms with van der Waals surface area (Å²) < 4.78 is 1.91. The van der Waals surface area contributed by atoms with Gasteiger partial charge in [0.25, 0.3) is 0 Å². The number of nitrogens with zero attached hydrogens (tertiary/aromatic N) is 3. The van der Waals surface area contributed by atoms with Gasteiger partial charge in [-0.1, -0.05) is 109 Å². The van der Waals surface area contributed by atoms with Gasteiger partial charge in [0.05, 0.1) is 0 Å². The largest absolute Gasteiger partial charge is 0.384 e. The second-order valence-corrected chi connectivity index (χ2v) is 8.84. The van der Waals surface area contributed by atoms with Crippen LogP contribution in [-0.4, -0.2) is 19.9 Å². The van der Waals surface area contributed by atoms with Crippen molar-refractivity contribution in [2.75, 3.05) is 0 Å². The molecule has 0 saturated carbocycles. The van der Waals surface area contributed by atoms with Crippen LogP contribution < -0.4 is 0 Å². The molecule has 0 saturated heterocycles. The SMILES string of the molecule is OC(c1ccccc1)c1ccc(CCCc2ccc(C(c3ccccc3)n3cncn3)cc2)cc1. The molecule has 1 heterocycles. The zero-order valence-electron chi connectivity index (χ0n) is 19.6. The molecule has 4 aromatic carbocycles. The molecule has 0 aliphatic heterocycles. The van der Waals surface area contributed by atoms with E-state index in [-0.39, 0.29) is 6.04 Å². The molecule has 5 aromatic rings. The third kappa shape index (κ3) is 5.56. The van der Waals surface area contributed by atoms with Crippen molar-refractivity contribution in [1.82, 2.24) is 14.8 Å². The van der Waals surface area contributed by atoms with Crippen LogP contribution in [0.25, 0.3) is 0 Å². The lowest BCUT2D eigenvalue weighted by Crippen LogP contribution is -2.12. The van der Waals surface area contributed by atoms with Crippen molar-refractivity contribution in [2.24, 2.45) is 0 Å². The van der Waals surface area contributed by atoms with E-state index >= 15 is 0 Å². The molecule has 0 bridgehead atoms. The Kier molecular flexibility index (Phi) is 7.11. The summed E-state index contributed by atoms with van der Waals surface area (Å²) in [6.45, 7) is 0. The number of aromatic nitrogens is 3. The predicted octanol–water partition coefficient (Wildman–Crippen LogP) is 6.17. The summed E-state index contributed by atoms with van der Waals surface area (Å²) in [6, 6.07) is 37.4. The first kappa shape index (κ1) is 22.8. The van der Waals surface area contributed by atoms with E-state index in [1.54, 1.807) is 12.7 Å². The molecule has 4 nitrogen and oxygen atoms in total. The number of rotatable bonds is 9. The number of benzene rings is 4. The third-order valence-electron chi connectivity index (χ3n) is 6.45. The number of aryl methyl sites for hydroxylation is 2. The molecule has 35 heavy (non-hydrogen) atoms. The molecule has 0 radical (unpaired) electrons. The Labute approximate surface area is 206 Å².